The Labute approximate surface area is 151 Å². The molecule has 26 heavy (non-hydrogen) atoms. The minimum atomic E-state index is -0.583. The minimum Gasteiger partial charge on any atom is -0.497 e. The maximum Gasteiger partial charge on any atom is 0.365 e. The van der Waals surface area contributed by atoms with Crippen LogP contribution in [0.2, 0.25) is 0 Å². The first-order valence-corrected chi connectivity index (χ1v) is 7.97. The van der Waals surface area contributed by atoms with Gasteiger partial charge in [0.25, 0.3) is 0 Å². The van der Waals surface area contributed by atoms with E-state index in [0.717, 1.165) is 5.56 Å². The van der Waals surface area contributed by atoms with Gasteiger partial charge in [0.05, 0.1) is 39.2 Å². The lowest BCUT2D eigenvalue weighted by Crippen LogP contribution is -2.17. The van der Waals surface area contributed by atoms with Crippen LogP contribution < -0.4 is 18.9 Å². The molecule has 0 amide bonds. The number of hydrogen-bond donors (Lipinski definition) is 0. The third-order valence-electron chi connectivity index (χ3n) is 3.95. The summed E-state index contributed by atoms with van der Waals surface area (Å²) >= 11 is 0. The molecule has 0 fully saturated rings. The average Bonchev–Trinajstić information content (AvgIpc) is 2.70. The van der Waals surface area contributed by atoms with E-state index in [-0.39, 0.29) is 0 Å². The molecule has 0 atom stereocenters. The lowest BCUT2D eigenvalue weighted by molar-refractivity contribution is 0.0514. The Hall–Kier alpha value is -3.22. The largest absolute Gasteiger partial charge is 0.497 e. The molecule has 2 aromatic rings. The van der Waals surface area contributed by atoms with Crippen molar-refractivity contribution in [2.75, 3.05) is 27.9 Å². The van der Waals surface area contributed by atoms with Crippen molar-refractivity contribution < 1.29 is 28.6 Å². The fourth-order valence-corrected chi connectivity index (χ4v) is 2.59. The highest BCUT2D eigenvalue weighted by molar-refractivity contribution is 6.04. The van der Waals surface area contributed by atoms with Gasteiger partial charge in [-0.15, -0.1) is 0 Å². The number of oxime groups is 1. The molecule has 2 aromatic carbocycles. The van der Waals surface area contributed by atoms with Gasteiger partial charge in [-0.25, -0.2) is 4.79 Å². The van der Waals surface area contributed by atoms with Crippen molar-refractivity contribution >= 4 is 11.7 Å². The van der Waals surface area contributed by atoms with Gasteiger partial charge in [-0.2, -0.15) is 0 Å². The molecule has 1 aliphatic heterocycles. The van der Waals surface area contributed by atoms with E-state index in [1.165, 1.54) is 14.2 Å². The van der Waals surface area contributed by atoms with E-state index < -0.39 is 5.97 Å². The monoisotopic (exact) mass is 357 g/mol. The van der Waals surface area contributed by atoms with Crippen molar-refractivity contribution in [1.29, 1.82) is 0 Å². The molecule has 3 rings (SSSR count). The van der Waals surface area contributed by atoms with Gasteiger partial charge in [0, 0.05) is 18.1 Å². The number of nitrogens with zero attached hydrogens (tertiary/aromatic N) is 1. The summed E-state index contributed by atoms with van der Waals surface area (Å²) < 4.78 is 21.1. The second-order valence-electron chi connectivity index (χ2n) is 5.45. The van der Waals surface area contributed by atoms with Crippen LogP contribution in [0.25, 0.3) is 0 Å². The molecule has 7 heteroatoms. The van der Waals surface area contributed by atoms with Gasteiger partial charge in [-0.3, -0.25) is 0 Å². The molecule has 1 aliphatic rings. The molecule has 1 heterocycles. The summed E-state index contributed by atoms with van der Waals surface area (Å²) in [5.74, 6) is 1.73. The van der Waals surface area contributed by atoms with Gasteiger partial charge in [-0.05, 0) is 30.3 Å². The Morgan fingerprint density at radius 2 is 1.81 bits per heavy atom. The zero-order valence-corrected chi connectivity index (χ0v) is 14.8. The van der Waals surface area contributed by atoms with Crippen LogP contribution in [-0.2, 0) is 4.84 Å². The number of fused-ring (bicyclic) bond motifs is 1. The van der Waals surface area contributed by atoms with Crippen LogP contribution in [-0.4, -0.2) is 39.6 Å². The third kappa shape index (κ3) is 3.56. The van der Waals surface area contributed by atoms with Crippen molar-refractivity contribution in [2.24, 2.45) is 5.16 Å². The molecule has 0 saturated carbocycles. The Kier molecular flexibility index (Phi) is 5.26. The van der Waals surface area contributed by atoms with Crippen LogP contribution in [0.1, 0.15) is 22.3 Å². The van der Waals surface area contributed by atoms with Crippen LogP contribution in [0.15, 0.2) is 41.6 Å². The number of benzene rings is 2. The molecular weight excluding hydrogens is 338 g/mol. The molecule has 0 spiro atoms. The SMILES string of the molecule is COc1ccc2c(c1)OCCC2=NOC(=O)c1ccc(OC)c(OC)c1. The molecule has 0 saturated heterocycles. The molecule has 0 aliphatic carbocycles. The highest BCUT2D eigenvalue weighted by atomic mass is 16.7. The predicted molar refractivity (Wildman–Crippen MR) is 94.6 cm³/mol. The Morgan fingerprint density at radius 1 is 1.00 bits per heavy atom. The zero-order chi connectivity index (χ0) is 18.5. The molecule has 0 bridgehead atoms. The zero-order valence-electron chi connectivity index (χ0n) is 14.8. The van der Waals surface area contributed by atoms with Crippen LogP contribution in [0.5, 0.6) is 23.0 Å². The van der Waals surface area contributed by atoms with E-state index in [4.69, 9.17) is 23.8 Å². The summed E-state index contributed by atoms with van der Waals surface area (Å²) in [6.45, 7) is 0.451. The molecule has 0 aromatic heterocycles. The maximum absolute atomic E-state index is 12.3. The van der Waals surface area contributed by atoms with Crippen LogP contribution in [0.4, 0.5) is 0 Å². The van der Waals surface area contributed by atoms with E-state index in [0.29, 0.717) is 47.3 Å². The third-order valence-corrected chi connectivity index (χ3v) is 3.95. The predicted octanol–water partition coefficient (Wildman–Crippen LogP) is 3.06. The maximum atomic E-state index is 12.3. The standard InChI is InChI=1S/C19H19NO6/c1-22-13-5-6-14-15(8-9-25-17(14)11-13)20-26-19(21)12-4-7-16(23-2)18(10-12)24-3/h4-7,10-11H,8-9H2,1-3H3. The Morgan fingerprint density at radius 3 is 2.54 bits per heavy atom. The first kappa shape index (κ1) is 17.6. The summed E-state index contributed by atoms with van der Waals surface area (Å²) in [5.41, 5.74) is 1.73. The van der Waals surface area contributed by atoms with Gasteiger partial charge < -0.3 is 23.8 Å². The molecule has 0 N–H and O–H groups in total. The first-order chi connectivity index (χ1) is 12.7. The fraction of sp³-hybridized carbons (Fsp3) is 0.263. The average molecular weight is 357 g/mol. The van der Waals surface area contributed by atoms with Crippen molar-refractivity contribution in [3.8, 4) is 23.0 Å². The lowest BCUT2D eigenvalue weighted by atomic mass is 10.0. The van der Waals surface area contributed by atoms with E-state index in [1.807, 2.05) is 6.07 Å². The van der Waals surface area contributed by atoms with Crippen molar-refractivity contribution in [3.63, 3.8) is 0 Å². The molecule has 0 unspecified atom stereocenters. The van der Waals surface area contributed by atoms with Gasteiger partial charge >= 0.3 is 5.97 Å². The Bertz CT molecular complexity index is 846. The number of ether oxygens (including phenoxy) is 4. The van der Waals surface area contributed by atoms with Gasteiger partial charge in [-0.1, -0.05) is 5.16 Å². The summed E-state index contributed by atoms with van der Waals surface area (Å²) in [6.07, 6.45) is 0.540. The lowest BCUT2D eigenvalue weighted by Gasteiger charge is -2.19. The summed E-state index contributed by atoms with van der Waals surface area (Å²) in [5, 5.41) is 4.03. The smallest absolute Gasteiger partial charge is 0.365 e. The molecule has 136 valence electrons. The van der Waals surface area contributed by atoms with Gasteiger partial charge in [0.1, 0.15) is 11.5 Å². The van der Waals surface area contributed by atoms with E-state index in [9.17, 15) is 4.79 Å². The van der Waals surface area contributed by atoms with Crippen molar-refractivity contribution in [1.82, 2.24) is 0 Å². The van der Waals surface area contributed by atoms with Crippen LogP contribution in [0.3, 0.4) is 0 Å². The summed E-state index contributed by atoms with van der Waals surface area (Å²) in [4.78, 5) is 17.4. The van der Waals surface area contributed by atoms with E-state index in [1.54, 1.807) is 37.4 Å². The highest BCUT2D eigenvalue weighted by Gasteiger charge is 2.19. The second-order valence-corrected chi connectivity index (χ2v) is 5.45. The normalized spacial score (nSPS) is 14.2. The summed E-state index contributed by atoms with van der Waals surface area (Å²) in [7, 11) is 4.62. The number of rotatable bonds is 5. The molecule has 0 radical (unpaired) electrons. The first-order valence-electron chi connectivity index (χ1n) is 7.97. The number of hydrogen-bond acceptors (Lipinski definition) is 7. The van der Waals surface area contributed by atoms with Gasteiger partial charge in [0.2, 0.25) is 0 Å². The van der Waals surface area contributed by atoms with Crippen LogP contribution in [0, 0.1) is 0 Å². The summed E-state index contributed by atoms with van der Waals surface area (Å²) in [6, 6.07) is 10.2. The van der Waals surface area contributed by atoms with E-state index >= 15 is 0 Å². The van der Waals surface area contributed by atoms with Crippen molar-refractivity contribution in [2.45, 2.75) is 6.42 Å². The number of methoxy groups -OCH3 is 3. The Balaban J connectivity index is 1.79. The number of carbonyl (C=O) groups is 1. The van der Waals surface area contributed by atoms with Crippen molar-refractivity contribution in [3.05, 3.63) is 47.5 Å². The van der Waals surface area contributed by atoms with Gasteiger partial charge in [0.15, 0.2) is 11.5 Å². The number of carbonyl (C=O) groups excluding carboxylic acids is 1. The quantitative estimate of drug-likeness (QED) is 0.605. The van der Waals surface area contributed by atoms with Crippen LogP contribution >= 0.6 is 0 Å². The second kappa shape index (κ2) is 7.77. The molecule has 7 nitrogen and oxygen atoms in total. The fourth-order valence-electron chi connectivity index (χ4n) is 2.59. The molecular formula is C19H19NO6. The minimum absolute atomic E-state index is 0.314. The topological polar surface area (TPSA) is 75.6 Å². The van der Waals surface area contributed by atoms with E-state index in [2.05, 4.69) is 5.16 Å². The highest BCUT2D eigenvalue weighted by Crippen LogP contribution is 2.30.